The van der Waals surface area contributed by atoms with Crippen LogP contribution in [0.25, 0.3) is 10.1 Å². The van der Waals surface area contributed by atoms with Crippen LogP contribution >= 0.6 is 11.3 Å². The van der Waals surface area contributed by atoms with Crippen molar-refractivity contribution >= 4 is 44.9 Å². The van der Waals surface area contributed by atoms with E-state index in [-0.39, 0.29) is 28.4 Å². The molecule has 1 fully saturated rings. The number of halogens is 5. The number of rotatable bonds is 7. The molecule has 8 nitrogen and oxygen atoms in total. The highest BCUT2D eigenvalue weighted by Crippen LogP contribution is 2.40. The molecule has 2 aromatic carbocycles. The molecular formula is C32H34F5N3O5S. The summed E-state index contributed by atoms with van der Waals surface area (Å²) in [7, 11) is 3.02. The van der Waals surface area contributed by atoms with Gasteiger partial charge in [0.2, 0.25) is 0 Å². The Labute approximate surface area is 267 Å². The van der Waals surface area contributed by atoms with Gasteiger partial charge in [0.15, 0.2) is 0 Å². The van der Waals surface area contributed by atoms with Gasteiger partial charge in [0.25, 0.3) is 0 Å². The van der Waals surface area contributed by atoms with Crippen LogP contribution in [0.4, 0.5) is 38.1 Å². The third-order valence-corrected chi connectivity index (χ3v) is 8.32. The second-order valence-electron chi connectivity index (χ2n) is 11.9. The molecule has 1 aliphatic rings. The zero-order chi connectivity index (χ0) is 34.0. The van der Waals surface area contributed by atoms with Crippen molar-refractivity contribution in [2.45, 2.75) is 57.6 Å². The van der Waals surface area contributed by atoms with Crippen molar-refractivity contribution in [2.75, 3.05) is 44.0 Å². The van der Waals surface area contributed by atoms with Crippen LogP contribution in [0.5, 0.6) is 5.75 Å². The summed E-state index contributed by atoms with van der Waals surface area (Å²) in [6.07, 6.45) is -7.47. The summed E-state index contributed by atoms with van der Waals surface area (Å²) in [5.41, 5.74) is -1.45. The van der Waals surface area contributed by atoms with E-state index < -0.39 is 60.4 Å². The Morgan fingerprint density at radius 3 is 2.54 bits per heavy atom. The number of carboxylic acid groups (broad SMARTS) is 1. The first-order valence-corrected chi connectivity index (χ1v) is 15.1. The molecular weight excluding hydrogens is 633 g/mol. The number of carbonyl (C=O) groups excluding carboxylic acids is 1. The lowest BCUT2D eigenvalue weighted by Crippen LogP contribution is -2.46. The van der Waals surface area contributed by atoms with Crippen LogP contribution in [0.1, 0.15) is 48.0 Å². The molecule has 1 amide bonds. The summed E-state index contributed by atoms with van der Waals surface area (Å²) < 4.78 is 82.0. The fraction of sp³-hybridized carbons (Fsp3) is 0.438. The van der Waals surface area contributed by atoms with Crippen molar-refractivity contribution in [1.82, 2.24) is 4.90 Å². The lowest BCUT2D eigenvalue weighted by Gasteiger charge is -2.33. The van der Waals surface area contributed by atoms with Gasteiger partial charge in [0, 0.05) is 19.2 Å². The fourth-order valence-electron chi connectivity index (χ4n) is 5.03. The van der Waals surface area contributed by atoms with Crippen LogP contribution in [0.3, 0.4) is 0 Å². The zero-order valence-electron chi connectivity index (χ0n) is 25.8. The zero-order valence-corrected chi connectivity index (χ0v) is 26.7. The summed E-state index contributed by atoms with van der Waals surface area (Å²) in [5, 5.41) is 12.8. The van der Waals surface area contributed by atoms with Crippen molar-refractivity contribution in [1.29, 1.82) is 0 Å². The molecule has 1 aromatic heterocycles. The lowest BCUT2D eigenvalue weighted by atomic mass is 10.0. The van der Waals surface area contributed by atoms with Gasteiger partial charge < -0.3 is 24.8 Å². The van der Waals surface area contributed by atoms with Gasteiger partial charge in [-0.15, -0.1) is 11.3 Å². The number of fused-ring (bicyclic) bond motifs is 1. The predicted molar refractivity (Wildman–Crippen MR) is 166 cm³/mol. The Bertz CT molecular complexity index is 1670. The van der Waals surface area contributed by atoms with Crippen molar-refractivity contribution < 1.29 is 46.1 Å². The molecule has 0 radical (unpaired) electrons. The third kappa shape index (κ3) is 8.38. The molecule has 0 unspecified atom stereocenters. The minimum Gasteiger partial charge on any atom is -0.495 e. The number of nitrogens with one attached hydrogen (secondary N) is 1. The second kappa shape index (κ2) is 13.7. The van der Waals surface area contributed by atoms with Crippen molar-refractivity contribution in [3.63, 3.8) is 0 Å². The minimum atomic E-state index is -4.56. The van der Waals surface area contributed by atoms with Crippen molar-refractivity contribution in [3.05, 3.63) is 52.2 Å². The quantitative estimate of drug-likeness (QED) is 0.205. The van der Waals surface area contributed by atoms with Crippen LogP contribution in [0.15, 0.2) is 30.3 Å². The number of benzene rings is 2. The van der Waals surface area contributed by atoms with Gasteiger partial charge in [-0.1, -0.05) is 24.0 Å². The van der Waals surface area contributed by atoms with Crippen LogP contribution in [-0.2, 0) is 11.2 Å². The molecule has 1 saturated heterocycles. The largest absolute Gasteiger partial charge is 0.495 e. The number of carboxylic acids is 1. The number of anilines is 2. The lowest BCUT2D eigenvalue weighted by molar-refractivity contribution is -0.127. The molecule has 1 aliphatic heterocycles. The molecule has 0 bridgehead atoms. The highest BCUT2D eigenvalue weighted by molar-refractivity contribution is 7.20. The van der Waals surface area contributed by atoms with E-state index >= 15 is 0 Å². The van der Waals surface area contributed by atoms with Gasteiger partial charge in [-0.3, -0.25) is 4.90 Å². The first-order chi connectivity index (χ1) is 21.5. The number of aromatic carboxylic acids is 1. The fourth-order valence-corrected chi connectivity index (χ4v) is 6.20. The number of amides is 1. The number of methoxy groups -OCH3 is 1. The number of hydrogen-bond acceptors (Lipinski definition) is 7. The van der Waals surface area contributed by atoms with Crippen LogP contribution < -0.4 is 15.0 Å². The molecule has 3 aromatic rings. The minimum absolute atomic E-state index is 0.0675. The molecule has 0 saturated carbocycles. The molecule has 2 heterocycles. The third-order valence-electron chi connectivity index (χ3n) is 7.12. The SMILES string of the molecule is COc1cc(C(=O)O)c(F)cc1N(CC#Cc1sc2c(N[C@@H]3CCN(C)C[C@@H]3F)cccc2c1CC(F)(F)F)C(=O)OC(C)(C)C. The average molecular weight is 668 g/mol. The van der Waals surface area contributed by atoms with Crippen LogP contribution in [-0.4, -0.2) is 79.9 Å². The average Bonchev–Trinajstić information content (AvgIpc) is 3.27. The number of likely N-dealkylation sites (tertiary alicyclic amines) is 1. The van der Waals surface area contributed by atoms with E-state index in [4.69, 9.17) is 9.47 Å². The molecule has 2 N–H and O–H groups in total. The van der Waals surface area contributed by atoms with E-state index in [9.17, 15) is 36.6 Å². The summed E-state index contributed by atoms with van der Waals surface area (Å²) in [6, 6.07) is 6.02. The van der Waals surface area contributed by atoms with E-state index in [1.165, 1.54) is 7.11 Å². The number of hydrogen-bond donors (Lipinski definition) is 2. The number of piperidine rings is 1. The summed E-state index contributed by atoms with van der Waals surface area (Å²) in [4.78, 5) is 27.6. The van der Waals surface area contributed by atoms with E-state index in [2.05, 4.69) is 17.2 Å². The molecule has 46 heavy (non-hydrogen) atoms. The summed E-state index contributed by atoms with van der Waals surface area (Å²) >= 11 is 1.01. The van der Waals surface area contributed by atoms with Gasteiger partial charge in [-0.2, -0.15) is 13.2 Å². The van der Waals surface area contributed by atoms with Gasteiger partial charge >= 0.3 is 18.2 Å². The Balaban J connectivity index is 1.76. The molecule has 2 atom stereocenters. The maximum Gasteiger partial charge on any atom is 0.415 e. The Hall–Kier alpha value is -4.09. The first kappa shape index (κ1) is 34.8. The second-order valence-corrected chi connectivity index (χ2v) is 12.9. The molecule has 4 rings (SSSR count). The normalized spacial score (nSPS) is 17.3. The van der Waals surface area contributed by atoms with Crippen molar-refractivity contribution in [3.8, 4) is 17.6 Å². The van der Waals surface area contributed by atoms with E-state index in [1.807, 2.05) is 11.9 Å². The number of ether oxygens (including phenoxy) is 2. The highest BCUT2D eigenvalue weighted by atomic mass is 32.1. The van der Waals surface area contributed by atoms with Crippen molar-refractivity contribution in [2.24, 2.45) is 0 Å². The monoisotopic (exact) mass is 667 g/mol. The summed E-state index contributed by atoms with van der Waals surface area (Å²) in [6.45, 7) is 5.22. The van der Waals surface area contributed by atoms with E-state index in [0.717, 1.165) is 28.4 Å². The molecule has 0 spiro atoms. The van der Waals surface area contributed by atoms with Gasteiger partial charge in [-0.25, -0.2) is 18.4 Å². The van der Waals surface area contributed by atoms with Crippen LogP contribution in [0.2, 0.25) is 0 Å². The van der Waals surface area contributed by atoms with E-state index in [1.54, 1.807) is 39.0 Å². The Morgan fingerprint density at radius 1 is 1.22 bits per heavy atom. The Morgan fingerprint density at radius 2 is 1.93 bits per heavy atom. The predicted octanol–water partition coefficient (Wildman–Crippen LogP) is 7.10. The van der Waals surface area contributed by atoms with Gasteiger partial charge in [-0.05, 0) is 57.3 Å². The Kier molecular flexibility index (Phi) is 10.4. The molecule has 0 aliphatic carbocycles. The smallest absolute Gasteiger partial charge is 0.415 e. The van der Waals surface area contributed by atoms with Gasteiger partial charge in [0.1, 0.15) is 23.3 Å². The number of alkyl halides is 4. The highest BCUT2D eigenvalue weighted by Gasteiger charge is 2.33. The van der Waals surface area contributed by atoms with Gasteiger partial charge in [0.05, 0.1) is 52.6 Å². The molecule has 14 heteroatoms. The van der Waals surface area contributed by atoms with E-state index in [0.29, 0.717) is 28.7 Å². The number of nitrogens with zero attached hydrogens (tertiary/aromatic N) is 2. The number of thiophene rings is 1. The standard InChI is InChI=1S/C32H34F5N3O5S/c1-31(2,3)45-30(43)40(25-15-21(33)19(29(41)42)14-26(25)44-5)12-7-10-27-20(16-32(35,36)37)18-8-6-9-24(28(18)46-27)38-23-11-13-39(4)17-22(23)34/h6,8-9,14-15,22-23,38H,11-13,16-17H2,1-5H3,(H,41,42)/t22-,23+/m0/s1. The topological polar surface area (TPSA) is 91.3 Å². The maximum atomic E-state index is 14.8. The van der Waals surface area contributed by atoms with Crippen LogP contribution in [0, 0.1) is 17.7 Å². The maximum absolute atomic E-state index is 14.8. The number of carbonyl (C=O) groups is 2. The first-order valence-electron chi connectivity index (χ1n) is 14.3. The summed E-state index contributed by atoms with van der Waals surface area (Å²) in [5.74, 6) is 2.59. The molecule has 248 valence electrons.